The van der Waals surface area contributed by atoms with Crippen molar-refractivity contribution in [2.24, 2.45) is 0 Å². The molecule has 5 nitrogen and oxygen atoms in total. The Hall–Kier alpha value is -3.17. The van der Waals surface area contributed by atoms with Gasteiger partial charge in [-0.3, -0.25) is 4.79 Å². The van der Waals surface area contributed by atoms with Crippen LogP contribution in [0, 0.1) is 11.6 Å². The van der Waals surface area contributed by atoms with E-state index in [1.807, 2.05) is 0 Å². The number of amides is 1. The smallest absolute Gasteiger partial charge is 0.441 e. The van der Waals surface area contributed by atoms with Crippen LogP contribution in [0.3, 0.4) is 0 Å². The van der Waals surface area contributed by atoms with Crippen LogP contribution in [-0.4, -0.2) is 30.3 Å². The molecule has 1 amide bonds. The fourth-order valence-electron chi connectivity index (χ4n) is 2.27. The van der Waals surface area contributed by atoms with Gasteiger partial charge in [-0.15, -0.1) is 0 Å². The van der Waals surface area contributed by atoms with E-state index < -0.39 is 53.2 Å². The van der Waals surface area contributed by atoms with Gasteiger partial charge in [0.1, 0.15) is 11.6 Å². The fourth-order valence-corrected chi connectivity index (χ4v) is 2.27. The molecule has 2 aromatic rings. The van der Waals surface area contributed by atoms with Crippen molar-refractivity contribution in [3.05, 3.63) is 65.7 Å². The third-order valence-corrected chi connectivity index (χ3v) is 3.59. The number of halogens is 5. The monoisotopic (exact) mass is 402 g/mol. The molecule has 0 radical (unpaired) electrons. The minimum atomic E-state index is -5.44. The number of para-hydroxylation sites is 1. The van der Waals surface area contributed by atoms with Gasteiger partial charge in [-0.05, 0) is 37.3 Å². The summed E-state index contributed by atoms with van der Waals surface area (Å²) >= 11 is 0. The zero-order chi connectivity index (χ0) is 20.9. The van der Waals surface area contributed by atoms with Gasteiger partial charge in [0.15, 0.2) is 0 Å². The molecule has 0 bridgehead atoms. The van der Waals surface area contributed by atoms with Crippen molar-refractivity contribution in [1.82, 2.24) is 5.32 Å². The average molecular weight is 402 g/mol. The Morgan fingerprint density at radius 1 is 1.04 bits per heavy atom. The minimum absolute atomic E-state index is 0.439. The van der Waals surface area contributed by atoms with E-state index in [1.165, 1.54) is 24.4 Å². The van der Waals surface area contributed by atoms with Crippen molar-refractivity contribution in [2.75, 3.05) is 11.9 Å². The average Bonchev–Trinajstić information content (AvgIpc) is 2.62. The number of carbonyl (C=O) groups is 2. The molecule has 0 saturated heterocycles. The van der Waals surface area contributed by atoms with Crippen LogP contribution in [0.1, 0.15) is 17.3 Å². The van der Waals surface area contributed by atoms with Gasteiger partial charge in [0.25, 0.3) is 5.91 Å². The second kappa shape index (κ2) is 8.24. The molecule has 0 saturated carbocycles. The highest BCUT2D eigenvalue weighted by atomic mass is 19.4. The van der Waals surface area contributed by atoms with Crippen LogP contribution in [0.25, 0.3) is 0 Å². The van der Waals surface area contributed by atoms with Gasteiger partial charge in [0.05, 0.1) is 12.3 Å². The summed E-state index contributed by atoms with van der Waals surface area (Å²) in [6, 6.07) is 8.09. The van der Waals surface area contributed by atoms with Crippen molar-refractivity contribution >= 4 is 17.6 Å². The maximum atomic E-state index is 13.9. The molecule has 0 aliphatic carbocycles. The lowest BCUT2D eigenvalue weighted by molar-refractivity contribution is -0.204. The molecule has 0 aliphatic heterocycles. The van der Waals surface area contributed by atoms with Crippen LogP contribution in [0.4, 0.5) is 27.6 Å². The predicted molar refractivity (Wildman–Crippen MR) is 89.3 cm³/mol. The zero-order valence-corrected chi connectivity index (χ0v) is 14.4. The highest BCUT2D eigenvalue weighted by Crippen LogP contribution is 2.34. The third kappa shape index (κ3) is 4.38. The van der Waals surface area contributed by atoms with Crippen LogP contribution in [0.5, 0.6) is 0 Å². The molecular weight excluding hydrogens is 387 g/mol. The lowest BCUT2D eigenvalue weighted by Crippen LogP contribution is -2.69. The molecule has 150 valence electrons. The molecule has 1 unspecified atom stereocenters. The van der Waals surface area contributed by atoms with E-state index in [2.05, 4.69) is 4.74 Å². The van der Waals surface area contributed by atoms with Crippen molar-refractivity contribution in [1.29, 1.82) is 0 Å². The number of hydrogen-bond acceptors (Lipinski definition) is 4. The maximum Gasteiger partial charge on any atom is 0.441 e. The minimum Gasteiger partial charge on any atom is -0.463 e. The number of alkyl halides is 3. The standard InChI is InChI=1S/C18H15F5N2O3/c1-2-28-16(27)17(18(21,22)23,24-14-9-4-3-8-13(14)20)25-15(26)11-6-5-7-12(19)10-11/h3-10,24H,2H2,1H3,(H,25,26). The molecule has 0 aromatic heterocycles. The summed E-state index contributed by atoms with van der Waals surface area (Å²) in [5, 5.41) is 3.19. The Labute approximate surface area is 156 Å². The van der Waals surface area contributed by atoms with Gasteiger partial charge in [-0.2, -0.15) is 13.2 Å². The topological polar surface area (TPSA) is 67.4 Å². The molecule has 2 N–H and O–H groups in total. The van der Waals surface area contributed by atoms with Crippen LogP contribution < -0.4 is 10.6 Å². The lowest BCUT2D eigenvalue weighted by atomic mass is 10.1. The third-order valence-electron chi connectivity index (χ3n) is 3.59. The van der Waals surface area contributed by atoms with E-state index in [9.17, 15) is 31.5 Å². The van der Waals surface area contributed by atoms with Crippen molar-refractivity contribution < 1.29 is 36.3 Å². The number of carbonyl (C=O) groups excluding carboxylic acids is 2. The molecule has 10 heteroatoms. The van der Waals surface area contributed by atoms with Gasteiger partial charge in [0, 0.05) is 5.56 Å². The predicted octanol–water partition coefficient (Wildman–Crippen LogP) is 3.63. The Bertz CT molecular complexity index is 872. The quantitative estimate of drug-likeness (QED) is 0.440. The normalized spacial score (nSPS) is 13.4. The molecule has 0 fully saturated rings. The van der Waals surface area contributed by atoms with Gasteiger partial charge >= 0.3 is 17.8 Å². The van der Waals surface area contributed by atoms with Gasteiger partial charge in [0.2, 0.25) is 0 Å². The molecule has 0 heterocycles. The summed E-state index contributed by atoms with van der Waals surface area (Å²) in [4.78, 5) is 24.6. The summed E-state index contributed by atoms with van der Waals surface area (Å²) in [7, 11) is 0. The second-order valence-electron chi connectivity index (χ2n) is 5.54. The second-order valence-corrected chi connectivity index (χ2v) is 5.54. The molecule has 0 aliphatic rings. The van der Waals surface area contributed by atoms with E-state index in [0.29, 0.717) is 6.07 Å². The summed E-state index contributed by atoms with van der Waals surface area (Å²) < 4.78 is 73.6. The van der Waals surface area contributed by atoms with E-state index in [-0.39, 0.29) is 0 Å². The Morgan fingerprint density at radius 2 is 1.71 bits per heavy atom. The van der Waals surface area contributed by atoms with Crippen molar-refractivity contribution in [2.45, 2.75) is 18.8 Å². The van der Waals surface area contributed by atoms with Crippen LogP contribution >= 0.6 is 0 Å². The number of rotatable bonds is 6. The summed E-state index contributed by atoms with van der Waals surface area (Å²) in [5.41, 5.74) is -4.99. The SMILES string of the molecule is CCOC(=O)C(NC(=O)c1cccc(F)c1)(Nc1ccccc1F)C(F)(F)F. The molecule has 28 heavy (non-hydrogen) atoms. The lowest BCUT2D eigenvalue weighted by Gasteiger charge is -2.35. The number of anilines is 1. The Kier molecular flexibility index (Phi) is 6.22. The number of hydrogen-bond donors (Lipinski definition) is 2. The molecule has 1 atom stereocenters. The van der Waals surface area contributed by atoms with Gasteiger partial charge < -0.3 is 15.4 Å². The highest BCUT2D eigenvalue weighted by molar-refractivity contribution is 5.99. The van der Waals surface area contributed by atoms with Crippen molar-refractivity contribution in [3.8, 4) is 0 Å². The van der Waals surface area contributed by atoms with Crippen molar-refractivity contribution in [3.63, 3.8) is 0 Å². The van der Waals surface area contributed by atoms with E-state index in [1.54, 1.807) is 5.32 Å². The highest BCUT2D eigenvalue weighted by Gasteiger charge is 2.64. The number of ether oxygens (including phenoxy) is 1. The van der Waals surface area contributed by atoms with E-state index >= 15 is 0 Å². The largest absolute Gasteiger partial charge is 0.463 e. The fraction of sp³-hybridized carbons (Fsp3) is 0.222. The van der Waals surface area contributed by atoms with Gasteiger partial charge in [-0.1, -0.05) is 18.2 Å². The van der Waals surface area contributed by atoms with Crippen LogP contribution in [-0.2, 0) is 9.53 Å². The molecule has 2 aromatic carbocycles. The first-order valence-electron chi connectivity index (χ1n) is 7.95. The molecule has 2 rings (SSSR count). The first kappa shape index (κ1) is 21.1. The van der Waals surface area contributed by atoms with Gasteiger partial charge in [-0.25, -0.2) is 13.6 Å². The molecular formula is C18H15F5N2O3. The summed E-state index contributed by atoms with van der Waals surface area (Å²) in [6.07, 6.45) is -5.44. The van der Waals surface area contributed by atoms with Crippen LogP contribution in [0.15, 0.2) is 48.5 Å². The summed E-state index contributed by atoms with van der Waals surface area (Å²) in [6.45, 7) is 0.821. The zero-order valence-electron chi connectivity index (χ0n) is 14.4. The first-order valence-corrected chi connectivity index (χ1v) is 7.95. The maximum absolute atomic E-state index is 13.9. The molecule has 0 spiro atoms. The first-order chi connectivity index (χ1) is 13.1. The Morgan fingerprint density at radius 3 is 2.29 bits per heavy atom. The number of esters is 1. The Balaban J connectivity index is 2.54. The van der Waals surface area contributed by atoms with Crippen LogP contribution in [0.2, 0.25) is 0 Å². The number of nitrogens with one attached hydrogen (secondary N) is 2. The van der Waals surface area contributed by atoms with E-state index in [4.69, 9.17) is 0 Å². The van der Waals surface area contributed by atoms with E-state index in [0.717, 1.165) is 30.3 Å². The summed E-state index contributed by atoms with van der Waals surface area (Å²) in [5.74, 6) is -5.30. The number of benzene rings is 2.